The van der Waals surface area contributed by atoms with E-state index in [1.807, 2.05) is 24.3 Å². The molecule has 4 rings (SSSR count). The highest BCUT2D eigenvalue weighted by Gasteiger charge is 2.44. The normalized spacial score (nSPS) is 28.9. The van der Waals surface area contributed by atoms with Gasteiger partial charge in [0, 0.05) is 38.8 Å². The third-order valence-corrected chi connectivity index (χ3v) is 7.73. The summed E-state index contributed by atoms with van der Waals surface area (Å²) in [6.45, 7) is 9.81. The highest BCUT2D eigenvalue weighted by Crippen LogP contribution is 2.43. The number of halogens is 2. The number of phenolic OH excluding ortho intramolecular Hbond substituents is 1. The van der Waals surface area contributed by atoms with E-state index in [1.165, 1.54) is 5.56 Å². The van der Waals surface area contributed by atoms with E-state index in [0.29, 0.717) is 27.8 Å². The molecule has 0 radical (unpaired) electrons. The molecule has 3 atom stereocenters. The van der Waals surface area contributed by atoms with Gasteiger partial charge in [-0.3, -0.25) is 9.80 Å². The van der Waals surface area contributed by atoms with E-state index in [-0.39, 0.29) is 5.41 Å². The molecule has 5 heteroatoms. The van der Waals surface area contributed by atoms with Crippen LogP contribution in [0.3, 0.4) is 0 Å². The second kappa shape index (κ2) is 7.87. The van der Waals surface area contributed by atoms with E-state index in [4.69, 9.17) is 23.2 Å². The van der Waals surface area contributed by atoms with Crippen LogP contribution >= 0.6 is 23.2 Å². The Balaban J connectivity index is 1.51. The van der Waals surface area contributed by atoms with Crippen molar-refractivity contribution in [2.24, 2.45) is 5.92 Å². The van der Waals surface area contributed by atoms with Gasteiger partial charge < -0.3 is 5.11 Å². The van der Waals surface area contributed by atoms with Gasteiger partial charge in [0.15, 0.2) is 0 Å². The highest BCUT2D eigenvalue weighted by atomic mass is 35.5. The van der Waals surface area contributed by atoms with Gasteiger partial charge in [-0.05, 0) is 47.1 Å². The van der Waals surface area contributed by atoms with E-state index in [1.54, 1.807) is 6.07 Å². The molecule has 0 spiro atoms. The van der Waals surface area contributed by atoms with Crippen LogP contribution in [0.4, 0.5) is 0 Å². The standard InChI is InChI=1S/C23H28Cl2N2O/c1-16-13-27-10-9-26(14-17-5-3-8-21(24)22(17)25)15-19(27)12-23(16,2)18-6-4-7-20(28)11-18/h3-8,11,16,19,28H,9-10,12-15H2,1-2H3. The molecule has 3 unspecified atom stereocenters. The van der Waals surface area contributed by atoms with Crippen LogP contribution < -0.4 is 0 Å². The largest absolute Gasteiger partial charge is 0.508 e. The van der Waals surface area contributed by atoms with Crippen LogP contribution in [0.25, 0.3) is 0 Å². The van der Waals surface area contributed by atoms with E-state index in [0.717, 1.165) is 44.7 Å². The summed E-state index contributed by atoms with van der Waals surface area (Å²) in [4.78, 5) is 5.14. The van der Waals surface area contributed by atoms with Crippen LogP contribution in [-0.2, 0) is 12.0 Å². The highest BCUT2D eigenvalue weighted by molar-refractivity contribution is 6.42. The minimum atomic E-state index is 0.0661. The lowest BCUT2D eigenvalue weighted by molar-refractivity contribution is -0.00556. The molecule has 0 amide bonds. The van der Waals surface area contributed by atoms with E-state index in [2.05, 4.69) is 35.8 Å². The molecule has 0 saturated carbocycles. The average Bonchev–Trinajstić information content (AvgIpc) is 2.66. The van der Waals surface area contributed by atoms with Crippen molar-refractivity contribution in [2.75, 3.05) is 26.2 Å². The SMILES string of the molecule is CC1CN2CCN(Cc3cccc(Cl)c3Cl)CC2CC1(C)c1cccc(O)c1. The first-order valence-electron chi connectivity index (χ1n) is 10.1. The lowest BCUT2D eigenvalue weighted by Crippen LogP contribution is -2.60. The van der Waals surface area contributed by atoms with Crippen molar-refractivity contribution in [3.8, 4) is 5.75 Å². The molecule has 150 valence electrons. The lowest BCUT2D eigenvalue weighted by Gasteiger charge is -2.53. The number of piperazine rings is 1. The quantitative estimate of drug-likeness (QED) is 0.743. The third-order valence-electron chi connectivity index (χ3n) is 6.88. The zero-order valence-corrected chi connectivity index (χ0v) is 18.0. The van der Waals surface area contributed by atoms with Crippen LogP contribution in [0.5, 0.6) is 5.75 Å². The fourth-order valence-electron chi connectivity index (χ4n) is 4.95. The van der Waals surface area contributed by atoms with Gasteiger partial charge in [0.1, 0.15) is 5.75 Å². The molecule has 1 N–H and O–H groups in total. The molecule has 2 aliphatic rings. The second-order valence-electron chi connectivity index (χ2n) is 8.67. The summed E-state index contributed by atoms with van der Waals surface area (Å²) >= 11 is 12.6. The average molecular weight is 419 g/mol. The summed E-state index contributed by atoms with van der Waals surface area (Å²) in [5.74, 6) is 0.897. The molecule has 2 saturated heterocycles. The van der Waals surface area contributed by atoms with Crippen LogP contribution in [0.1, 0.15) is 31.4 Å². The van der Waals surface area contributed by atoms with Gasteiger partial charge in [-0.2, -0.15) is 0 Å². The van der Waals surface area contributed by atoms with Crippen LogP contribution in [0.15, 0.2) is 42.5 Å². The van der Waals surface area contributed by atoms with Crippen molar-refractivity contribution >= 4 is 23.2 Å². The zero-order valence-electron chi connectivity index (χ0n) is 16.5. The minimum Gasteiger partial charge on any atom is -0.508 e. The molecule has 0 aliphatic carbocycles. The number of hydrogen-bond donors (Lipinski definition) is 1. The number of nitrogens with zero attached hydrogens (tertiary/aromatic N) is 2. The van der Waals surface area contributed by atoms with Crippen molar-refractivity contribution in [1.82, 2.24) is 9.80 Å². The van der Waals surface area contributed by atoms with Gasteiger partial charge in [-0.25, -0.2) is 0 Å². The van der Waals surface area contributed by atoms with Gasteiger partial charge in [-0.1, -0.05) is 61.3 Å². The van der Waals surface area contributed by atoms with Crippen LogP contribution in [-0.4, -0.2) is 47.1 Å². The number of piperidine rings is 1. The number of rotatable bonds is 3. The Morgan fingerprint density at radius 2 is 1.89 bits per heavy atom. The molecule has 2 fully saturated rings. The molecular formula is C23H28Cl2N2O. The van der Waals surface area contributed by atoms with E-state index >= 15 is 0 Å². The summed E-state index contributed by atoms with van der Waals surface area (Å²) in [6.07, 6.45) is 1.09. The maximum absolute atomic E-state index is 9.99. The number of benzene rings is 2. The summed E-state index contributed by atoms with van der Waals surface area (Å²) < 4.78 is 0. The third kappa shape index (κ3) is 3.78. The van der Waals surface area contributed by atoms with E-state index in [9.17, 15) is 5.11 Å². The fourth-order valence-corrected chi connectivity index (χ4v) is 5.33. The summed E-state index contributed by atoms with van der Waals surface area (Å²) in [5.41, 5.74) is 2.41. The number of phenols is 1. The molecule has 0 aromatic heterocycles. The van der Waals surface area contributed by atoms with Crippen LogP contribution in [0, 0.1) is 5.92 Å². The predicted octanol–water partition coefficient (Wildman–Crippen LogP) is 5.18. The summed E-state index contributed by atoms with van der Waals surface area (Å²) in [7, 11) is 0. The molecular weight excluding hydrogens is 391 g/mol. The maximum Gasteiger partial charge on any atom is 0.115 e. The Morgan fingerprint density at radius 3 is 2.68 bits per heavy atom. The van der Waals surface area contributed by atoms with Crippen molar-refractivity contribution < 1.29 is 5.11 Å². The Bertz CT molecular complexity index is 858. The second-order valence-corrected chi connectivity index (χ2v) is 9.45. The lowest BCUT2D eigenvalue weighted by atomic mass is 9.65. The number of aromatic hydroxyl groups is 1. The van der Waals surface area contributed by atoms with Gasteiger partial charge in [0.05, 0.1) is 10.0 Å². The van der Waals surface area contributed by atoms with Gasteiger partial charge in [0.25, 0.3) is 0 Å². The smallest absolute Gasteiger partial charge is 0.115 e. The topological polar surface area (TPSA) is 26.7 Å². The fraction of sp³-hybridized carbons (Fsp3) is 0.478. The minimum absolute atomic E-state index is 0.0661. The number of hydrogen-bond acceptors (Lipinski definition) is 3. The Labute approximate surface area is 177 Å². The Morgan fingerprint density at radius 1 is 1.11 bits per heavy atom. The maximum atomic E-state index is 9.99. The predicted molar refractivity (Wildman–Crippen MR) is 116 cm³/mol. The Kier molecular flexibility index (Phi) is 5.63. The van der Waals surface area contributed by atoms with Crippen molar-refractivity contribution in [2.45, 2.75) is 38.3 Å². The molecule has 28 heavy (non-hydrogen) atoms. The van der Waals surface area contributed by atoms with Crippen molar-refractivity contribution in [3.05, 3.63) is 63.6 Å². The number of fused-ring (bicyclic) bond motifs is 1. The summed E-state index contributed by atoms with van der Waals surface area (Å²) in [5, 5.41) is 11.3. The summed E-state index contributed by atoms with van der Waals surface area (Å²) in [6, 6.07) is 14.2. The molecule has 2 aliphatic heterocycles. The molecule has 3 nitrogen and oxygen atoms in total. The van der Waals surface area contributed by atoms with Crippen molar-refractivity contribution in [1.29, 1.82) is 0 Å². The molecule has 0 bridgehead atoms. The molecule has 2 heterocycles. The first-order valence-corrected chi connectivity index (χ1v) is 10.8. The van der Waals surface area contributed by atoms with E-state index < -0.39 is 0 Å². The Hall–Kier alpha value is -1.26. The molecule has 2 aromatic rings. The van der Waals surface area contributed by atoms with Crippen LogP contribution in [0.2, 0.25) is 10.0 Å². The van der Waals surface area contributed by atoms with Crippen molar-refractivity contribution in [3.63, 3.8) is 0 Å². The zero-order chi connectivity index (χ0) is 19.9. The van der Waals surface area contributed by atoms with Gasteiger partial charge in [-0.15, -0.1) is 0 Å². The molecule has 2 aromatic carbocycles. The van der Waals surface area contributed by atoms with Gasteiger partial charge >= 0.3 is 0 Å². The van der Waals surface area contributed by atoms with Gasteiger partial charge in [0.2, 0.25) is 0 Å². The monoisotopic (exact) mass is 418 g/mol. The first-order chi connectivity index (χ1) is 13.4. The first kappa shape index (κ1) is 20.0.